The number of aryl methyl sites for hydroxylation is 1. The van der Waals surface area contributed by atoms with E-state index in [2.05, 4.69) is 4.72 Å². The summed E-state index contributed by atoms with van der Waals surface area (Å²) in [5.41, 5.74) is 0.890. The van der Waals surface area contributed by atoms with Crippen LogP contribution in [0.5, 0.6) is 17.2 Å². The van der Waals surface area contributed by atoms with Crippen LogP contribution in [0.1, 0.15) is 5.56 Å². The normalized spacial score (nSPS) is 13.1. The van der Waals surface area contributed by atoms with Crippen LogP contribution < -0.4 is 18.9 Å². The Balaban J connectivity index is 1.57. The fourth-order valence-corrected chi connectivity index (χ4v) is 3.49. The summed E-state index contributed by atoms with van der Waals surface area (Å²) in [6.45, 7) is 2.31. The van der Waals surface area contributed by atoms with E-state index in [1.807, 2.05) is 6.92 Å². The van der Waals surface area contributed by atoms with E-state index in [1.165, 1.54) is 12.1 Å². The predicted octanol–water partition coefficient (Wildman–Crippen LogP) is 2.73. The second kappa shape index (κ2) is 6.88. The first-order valence-electron chi connectivity index (χ1n) is 7.24. The van der Waals surface area contributed by atoms with Crippen molar-refractivity contribution in [3.63, 3.8) is 0 Å². The molecule has 0 bridgehead atoms. The molecule has 1 N–H and O–H groups in total. The number of nitrogens with one attached hydrogen (secondary N) is 1. The van der Waals surface area contributed by atoms with E-state index in [4.69, 9.17) is 25.8 Å². The van der Waals surface area contributed by atoms with Crippen LogP contribution in [-0.4, -0.2) is 28.4 Å². The van der Waals surface area contributed by atoms with E-state index in [1.54, 1.807) is 24.3 Å². The van der Waals surface area contributed by atoms with E-state index in [0.29, 0.717) is 22.3 Å². The Kier molecular flexibility index (Phi) is 4.84. The molecule has 0 spiro atoms. The van der Waals surface area contributed by atoms with Crippen molar-refractivity contribution in [2.45, 2.75) is 11.8 Å². The molecule has 0 amide bonds. The molecule has 0 aliphatic carbocycles. The number of hydrogen-bond donors (Lipinski definition) is 1. The van der Waals surface area contributed by atoms with Crippen LogP contribution in [0.25, 0.3) is 0 Å². The molecule has 0 saturated carbocycles. The van der Waals surface area contributed by atoms with Gasteiger partial charge < -0.3 is 14.2 Å². The molecule has 2 aromatic rings. The summed E-state index contributed by atoms with van der Waals surface area (Å²) in [6.07, 6.45) is 0. The van der Waals surface area contributed by atoms with Gasteiger partial charge in [0.2, 0.25) is 16.8 Å². The zero-order valence-corrected chi connectivity index (χ0v) is 14.5. The van der Waals surface area contributed by atoms with Crippen LogP contribution in [0.4, 0.5) is 0 Å². The first-order chi connectivity index (χ1) is 11.5. The Morgan fingerprint density at radius 2 is 1.96 bits per heavy atom. The van der Waals surface area contributed by atoms with Crippen molar-refractivity contribution in [2.24, 2.45) is 0 Å². The largest absolute Gasteiger partial charge is 0.492 e. The summed E-state index contributed by atoms with van der Waals surface area (Å²) < 4.78 is 43.0. The van der Waals surface area contributed by atoms with Crippen LogP contribution in [0.15, 0.2) is 41.3 Å². The SMILES string of the molecule is Cc1cc(Cl)ccc1OCCNS(=O)(=O)c1ccc2c(c1)OCO2. The van der Waals surface area contributed by atoms with Gasteiger partial charge >= 0.3 is 0 Å². The average molecular weight is 370 g/mol. The Hall–Kier alpha value is -1.96. The van der Waals surface area contributed by atoms with Gasteiger partial charge in [-0.2, -0.15) is 0 Å². The molecule has 3 rings (SSSR count). The minimum Gasteiger partial charge on any atom is -0.492 e. The standard InChI is InChI=1S/C16H16ClNO5S/c1-11-8-12(17)2-4-14(11)21-7-6-18-24(19,20)13-3-5-15-16(9-13)23-10-22-15/h2-5,8-9,18H,6-7,10H2,1H3. The first-order valence-corrected chi connectivity index (χ1v) is 9.10. The van der Waals surface area contributed by atoms with E-state index in [0.717, 1.165) is 5.56 Å². The highest BCUT2D eigenvalue weighted by atomic mass is 35.5. The monoisotopic (exact) mass is 369 g/mol. The summed E-state index contributed by atoms with van der Waals surface area (Å²) in [5.74, 6) is 1.63. The maximum atomic E-state index is 12.3. The molecule has 128 valence electrons. The van der Waals surface area contributed by atoms with Gasteiger partial charge in [0.1, 0.15) is 12.4 Å². The molecule has 6 nitrogen and oxygen atoms in total. The molecule has 8 heteroatoms. The molecule has 2 aromatic carbocycles. The van der Waals surface area contributed by atoms with Crippen LogP contribution in [-0.2, 0) is 10.0 Å². The van der Waals surface area contributed by atoms with Crippen LogP contribution in [0.2, 0.25) is 5.02 Å². The van der Waals surface area contributed by atoms with Crippen molar-refractivity contribution in [3.8, 4) is 17.2 Å². The lowest BCUT2D eigenvalue weighted by atomic mass is 10.2. The van der Waals surface area contributed by atoms with Gasteiger partial charge in [-0.3, -0.25) is 0 Å². The fourth-order valence-electron chi connectivity index (χ4n) is 2.24. The summed E-state index contributed by atoms with van der Waals surface area (Å²) in [6, 6.07) is 9.75. The molecular weight excluding hydrogens is 354 g/mol. The lowest BCUT2D eigenvalue weighted by molar-refractivity contribution is 0.174. The van der Waals surface area contributed by atoms with Crippen molar-refractivity contribution in [2.75, 3.05) is 19.9 Å². The third-order valence-electron chi connectivity index (χ3n) is 3.44. The lowest BCUT2D eigenvalue weighted by Crippen LogP contribution is -2.28. The molecule has 0 atom stereocenters. The smallest absolute Gasteiger partial charge is 0.240 e. The van der Waals surface area contributed by atoms with Crippen molar-refractivity contribution in [3.05, 3.63) is 47.0 Å². The van der Waals surface area contributed by atoms with Gasteiger partial charge in [0.15, 0.2) is 11.5 Å². The number of ether oxygens (including phenoxy) is 3. The summed E-state index contributed by atoms with van der Waals surface area (Å²) in [7, 11) is -3.64. The Morgan fingerprint density at radius 1 is 1.17 bits per heavy atom. The van der Waals surface area contributed by atoms with E-state index < -0.39 is 10.0 Å². The Morgan fingerprint density at radius 3 is 2.75 bits per heavy atom. The molecular formula is C16H16ClNO5S. The molecule has 0 saturated heterocycles. The lowest BCUT2D eigenvalue weighted by Gasteiger charge is -2.11. The third-order valence-corrected chi connectivity index (χ3v) is 5.14. The second-order valence-electron chi connectivity index (χ2n) is 5.17. The third kappa shape index (κ3) is 3.75. The molecule has 24 heavy (non-hydrogen) atoms. The Bertz CT molecular complexity index is 854. The molecule has 0 fully saturated rings. The van der Waals surface area contributed by atoms with Crippen molar-refractivity contribution < 1.29 is 22.6 Å². The van der Waals surface area contributed by atoms with Gasteiger partial charge in [-0.25, -0.2) is 13.1 Å². The Labute approximate surface area is 145 Å². The maximum Gasteiger partial charge on any atom is 0.240 e. The number of fused-ring (bicyclic) bond motifs is 1. The predicted molar refractivity (Wildman–Crippen MR) is 89.4 cm³/mol. The quantitative estimate of drug-likeness (QED) is 0.792. The van der Waals surface area contributed by atoms with Gasteiger partial charge in [-0.15, -0.1) is 0 Å². The highest BCUT2D eigenvalue weighted by Crippen LogP contribution is 2.33. The zero-order valence-electron chi connectivity index (χ0n) is 12.9. The van der Waals surface area contributed by atoms with Crippen LogP contribution in [0, 0.1) is 6.92 Å². The van der Waals surface area contributed by atoms with Gasteiger partial charge in [-0.1, -0.05) is 11.6 Å². The molecule has 1 heterocycles. The maximum absolute atomic E-state index is 12.3. The van der Waals surface area contributed by atoms with Gasteiger partial charge in [0, 0.05) is 17.6 Å². The van der Waals surface area contributed by atoms with Crippen molar-refractivity contribution in [1.29, 1.82) is 0 Å². The number of halogens is 1. The molecule has 1 aliphatic rings. The van der Waals surface area contributed by atoms with Crippen LogP contribution >= 0.6 is 11.6 Å². The minimum absolute atomic E-state index is 0.0978. The van der Waals surface area contributed by atoms with Crippen molar-refractivity contribution >= 4 is 21.6 Å². The molecule has 0 unspecified atom stereocenters. The topological polar surface area (TPSA) is 73.9 Å². The molecule has 0 radical (unpaired) electrons. The number of benzene rings is 2. The van der Waals surface area contributed by atoms with E-state index in [-0.39, 0.29) is 24.8 Å². The van der Waals surface area contributed by atoms with E-state index in [9.17, 15) is 8.42 Å². The highest BCUT2D eigenvalue weighted by Gasteiger charge is 2.19. The van der Waals surface area contributed by atoms with Gasteiger partial charge in [-0.05, 0) is 42.8 Å². The zero-order chi connectivity index (χ0) is 17.2. The summed E-state index contributed by atoms with van der Waals surface area (Å²) in [4.78, 5) is 0.120. The average Bonchev–Trinajstić information content (AvgIpc) is 3.00. The van der Waals surface area contributed by atoms with Gasteiger partial charge in [0.05, 0.1) is 4.90 Å². The fraction of sp³-hybridized carbons (Fsp3) is 0.250. The number of rotatable bonds is 6. The van der Waals surface area contributed by atoms with Crippen molar-refractivity contribution in [1.82, 2.24) is 4.72 Å². The molecule has 1 aliphatic heterocycles. The van der Waals surface area contributed by atoms with Gasteiger partial charge in [0.25, 0.3) is 0 Å². The second-order valence-corrected chi connectivity index (χ2v) is 7.37. The number of sulfonamides is 1. The highest BCUT2D eigenvalue weighted by molar-refractivity contribution is 7.89. The minimum atomic E-state index is -3.64. The first kappa shape index (κ1) is 16.9. The number of hydrogen-bond acceptors (Lipinski definition) is 5. The summed E-state index contributed by atoms with van der Waals surface area (Å²) in [5, 5.41) is 0.628. The summed E-state index contributed by atoms with van der Waals surface area (Å²) >= 11 is 5.88. The van der Waals surface area contributed by atoms with E-state index >= 15 is 0 Å². The van der Waals surface area contributed by atoms with Crippen LogP contribution in [0.3, 0.4) is 0 Å². The molecule has 0 aromatic heterocycles.